The molecule has 21 heavy (non-hydrogen) atoms. The molecule has 1 N–H and O–H groups in total. The molecule has 0 unspecified atom stereocenters. The third-order valence-corrected chi connectivity index (χ3v) is 3.83. The van der Waals surface area contributed by atoms with Crippen molar-refractivity contribution in [1.29, 1.82) is 0 Å². The highest BCUT2D eigenvalue weighted by atomic mass is 32.1. The maximum atomic E-state index is 11.5. The number of anilines is 1. The molecule has 3 rings (SSSR count). The molecule has 1 heterocycles. The highest BCUT2D eigenvalue weighted by Crippen LogP contribution is 2.27. The van der Waals surface area contributed by atoms with Gasteiger partial charge < -0.3 is 4.74 Å². The molecule has 0 atom stereocenters. The van der Waals surface area contributed by atoms with Crippen molar-refractivity contribution < 1.29 is 9.53 Å². The van der Waals surface area contributed by atoms with Gasteiger partial charge in [-0.15, -0.1) is 11.3 Å². The number of nitrogens with one attached hydrogen (secondary N) is 1. The molecule has 106 valence electrons. The normalized spacial score (nSPS) is 10.7. The smallest absolute Gasteiger partial charge is 0.252 e. The van der Waals surface area contributed by atoms with Crippen molar-refractivity contribution in [2.45, 2.75) is 0 Å². The number of carbonyl (C=O) groups is 1. The van der Waals surface area contributed by atoms with Crippen molar-refractivity contribution in [1.82, 2.24) is 4.98 Å². The number of ether oxygens (including phenoxy) is 1. The molecule has 0 saturated heterocycles. The maximum Gasteiger partial charge on any atom is 0.252 e. The van der Waals surface area contributed by atoms with Crippen LogP contribution in [0.3, 0.4) is 0 Å². The number of amides is 1. The minimum absolute atomic E-state index is 0.0326. The Balaban J connectivity index is 1.85. The quantitative estimate of drug-likeness (QED) is 0.801. The molecule has 2 aromatic carbocycles. The Hall–Kier alpha value is -2.24. The number of fused-ring (bicyclic) bond motifs is 1. The molecule has 3 aromatic rings. The van der Waals surface area contributed by atoms with Gasteiger partial charge in [-0.3, -0.25) is 10.1 Å². The summed E-state index contributed by atoms with van der Waals surface area (Å²) in [6.45, 7) is 0.0326. The van der Waals surface area contributed by atoms with Crippen LogP contribution in [0.5, 0.6) is 0 Å². The van der Waals surface area contributed by atoms with E-state index in [4.69, 9.17) is 4.74 Å². The molecular formula is C16H14N2O2S. The zero-order chi connectivity index (χ0) is 14.7. The average molecular weight is 298 g/mol. The van der Waals surface area contributed by atoms with Gasteiger partial charge in [-0.1, -0.05) is 36.4 Å². The number of thiazole rings is 1. The van der Waals surface area contributed by atoms with Crippen LogP contribution in [0.1, 0.15) is 0 Å². The van der Waals surface area contributed by atoms with Crippen LogP contribution in [0, 0.1) is 0 Å². The summed E-state index contributed by atoms with van der Waals surface area (Å²) in [5.41, 5.74) is 1.90. The molecule has 4 nitrogen and oxygen atoms in total. The Kier molecular flexibility index (Phi) is 3.94. The molecular weight excluding hydrogens is 284 g/mol. The fourth-order valence-electron chi connectivity index (χ4n) is 2.10. The van der Waals surface area contributed by atoms with E-state index in [2.05, 4.69) is 34.6 Å². The van der Waals surface area contributed by atoms with E-state index in [0.717, 1.165) is 11.3 Å². The summed E-state index contributed by atoms with van der Waals surface area (Å²) in [5.74, 6) is -0.197. The number of hydrogen-bond donors (Lipinski definition) is 1. The Morgan fingerprint density at radius 1 is 1.24 bits per heavy atom. The van der Waals surface area contributed by atoms with Gasteiger partial charge in [-0.25, -0.2) is 4.98 Å². The summed E-state index contributed by atoms with van der Waals surface area (Å²) in [7, 11) is 1.49. The van der Waals surface area contributed by atoms with Gasteiger partial charge in [-0.2, -0.15) is 0 Å². The Morgan fingerprint density at radius 3 is 2.86 bits per heavy atom. The number of aromatic nitrogens is 1. The molecule has 0 aliphatic rings. The first-order chi connectivity index (χ1) is 10.3. The Bertz CT molecular complexity index is 783. The average Bonchev–Trinajstić information content (AvgIpc) is 2.95. The van der Waals surface area contributed by atoms with Gasteiger partial charge >= 0.3 is 0 Å². The number of methoxy groups -OCH3 is 1. The van der Waals surface area contributed by atoms with Gasteiger partial charge in [0, 0.05) is 18.1 Å². The first kappa shape index (κ1) is 13.7. The van der Waals surface area contributed by atoms with Crippen molar-refractivity contribution in [3.05, 3.63) is 47.8 Å². The van der Waals surface area contributed by atoms with Crippen molar-refractivity contribution in [3.63, 3.8) is 0 Å². The summed E-state index contributed by atoms with van der Waals surface area (Å²) in [4.78, 5) is 15.9. The van der Waals surface area contributed by atoms with Crippen LogP contribution in [-0.4, -0.2) is 24.6 Å². The molecule has 0 aliphatic carbocycles. The first-order valence-electron chi connectivity index (χ1n) is 6.50. The lowest BCUT2D eigenvalue weighted by Crippen LogP contribution is -2.16. The monoisotopic (exact) mass is 298 g/mol. The minimum Gasteiger partial charge on any atom is -0.375 e. The molecule has 1 amide bonds. The number of benzene rings is 2. The molecule has 5 heteroatoms. The third-order valence-electron chi connectivity index (χ3n) is 3.07. The fraction of sp³-hybridized carbons (Fsp3) is 0.125. The standard InChI is InChI=1S/C16H14N2O2S/c1-20-9-15(19)18-16-17-14(10-21-16)13-7-6-11-4-2-3-5-12(11)8-13/h2-8,10H,9H2,1H3,(H,17,18,19). The van der Waals surface area contributed by atoms with E-state index in [1.807, 2.05) is 23.6 Å². The van der Waals surface area contributed by atoms with E-state index in [1.165, 1.54) is 29.2 Å². The second-order valence-corrected chi connectivity index (χ2v) is 5.44. The second-order valence-electron chi connectivity index (χ2n) is 4.58. The summed E-state index contributed by atoms with van der Waals surface area (Å²) in [6, 6.07) is 14.4. The largest absolute Gasteiger partial charge is 0.375 e. The van der Waals surface area contributed by atoms with Gasteiger partial charge in [0.25, 0.3) is 5.91 Å². The van der Waals surface area contributed by atoms with Crippen LogP contribution in [0.25, 0.3) is 22.0 Å². The maximum absolute atomic E-state index is 11.5. The van der Waals surface area contributed by atoms with E-state index < -0.39 is 0 Å². The van der Waals surface area contributed by atoms with E-state index in [1.54, 1.807) is 0 Å². The lowest BCUT2D eigenvalue weighted by molar-refractivity contribution is -0.119. The van der Waals surface area contributed by atoms with Crippen LogP contribution in [0.4, 0.5) is 5.13 Å². The van der Waals surface area contributed by atoms with Crippen molar-refractivity contribution in [2.24, 2.45) is 0 Å². The lowest BCUT2D eigenvalue weighted by atomic mass is 10.1. The number of nitrogens with zero attached hydrogens (tertiary/aromatic N) is 1. The van der Waals surface area contributed by atoms with Crippen molar-refractivity contribution >= 4 is 33.1 Å². The molecule has 0 spiro atoms. The molecule has 0 radical (unpaired) electrons. The summed E-state index contributed by atoms with van der Waals surface area (Å²) < 4.78 is 4.78. The summed E-state index contributed by atoms with van der Waals surface area (Å²) in [6.07, 6.45) is 0. The van der Waals surface area contributed by atoms with E-state index >= 15 is 0 Å². The van der Waals surface area contributed by atoms with Crippen molar-refractivity contribution in [3.8, 4) is 11.3 Å². The zero-order valence-corrected chi connectivity index (χ0v) is 12.3. The second kappa shape index (κ2) is 6.03. The Morgan fingerprint density at radius 2 is 2.05 bits per heavy atom. The number of rotatable bonds is 4. The van der Waals surface area contributed by atoms with Gasteiger partial charge in [0.2, 0.25) is 0 Å². The number of hydrogen-bond acceptors (Lipinski definition) is 4. The van der Waals surface area contributed by atoms with E-state index in [9.17, 15) is 4.79 Å². The van der Waals surface area contributed by atoms with Crippen LogP contribution in [-0.2, 0) is 9.53 Å². The predicted molar refractivity (Wildman–Crippen MR) is 85.6 cm³/mol. The van der Waals surface area contributed by atoms with E-state index in [0.29, 0.717) is 5.13 Å². The van der Waals surface area contributed by atoms with Crippen LogP contribution < -0.4 is 5.32 Å². The SMILES string of the molecule is COCC(=O)Nc1nc(-c2ccc3ccccc3c2)cs1. The van der Waals surface area contributed by atoms with Gasteiger partial charge in [-0.05, 0) is 16.8 Å². The highest BCUT2D eigenvalue weighted by molar-refractivity contribution is 7.14. The molecule has 0 bridgehead atoms. The minimum atomic E-state index is -0.197. The fourth-order valence-corrected chi connectivity index (χ4v) is 2.83. The van der Waals surface area contributed by atoms with Crippen molar-refractivity contribution in [2.75, 3.05) is 19.0 Å². The van der Waals surface area contributed by atoms with Crippen LogP contribution in [0.2, 0.25) is 0 Å². The predicted octanol–water partition coefficient (Wildman–Crippen LogP) is 3.55. The van der Waals surface area contributed by atoms with Crippen LogP contribution in [0.15, 0.2) is 47.8 Å². The lowest BCUT2D eigenvalue weighted by Gasteiger charge is -2.01. The van der Waals surface area contributed by atoms with E-state index in [-0.39, 0.29) is 12.5 Å². The summed E-state index contributed by atoms with van der Waals surface area (Å²) >= 11 is 1.41. The molecule has 0 aliphatic heterocycles. The highest BCUT2D eigenvalue weighted by Gasteiger charge is 2.08. The number of carbonyl (C=O) groups excluding carboxylic acids is 1. The summed E-state index contributed by atoms with van der Waals surface area (Å²) in [5, 5.41) is 7.61. The zero-order valence-electron chi connectivity index (χ0n) is 11.5. The molecule has 1 aromatic heterocycles. The van der Waals surface area contributed by atoms with Gasteiger partial charge in [0.15, 0.2) is 5.13 Å². The first-order valence-corrected chi connectivity index (χ1v) is 7.38. The third kappa shape index (κ3) is 3.09. The topological polar surface area (TPSA) is 51.2 Å². The van der Waals surface area contributed by atoms with Gasteiger partial charge in [0.1, 0.15) is 6.61 Å². The van der Waals surface area contributed by atoms with Gasteiger partial charge in [0.05, 0.1) is 5.69 Å². The Labute approximate surface area is 126 Å². The molecule has 0 fully saturated rings. The molecule has 0 saturated carbocycles. The van der Waals surface area contributed by atoms with Crippen LogP contribution >= 0.6 is 11.3 Å².